The molecule has 4 aromatic rings. The lowest BCUT2D eigenvalue weighted by Crippen LogP contribution is -2.21. The number of aliphatic imine (C=N–C) groups is 1. The van der Waals surface area contributed by atoms with E-state index in [-0.39, 0.29) is 28.6 Å². The van der Waals surface area contributed by atoms with E-state index in [4.69, 9.17) is 22.1 Å². The third-order valence-corrected chi connectivity index (χ3v) is 6.45. The molecule has 37 heavy (non-hydrogen) atoms. The van der Waals surface area contributed by atoms with E-state index in [0.29, 0.717) is 5.56 Å². The molecular formula is C27H19ClF3N3O2S. The van der Waals surface area contributed by atoms with Crippen LogP contribution in [0.3, 0.4) is 0 Å². The molecule has 0 aliphatic carbocycles. The largest absolute Gasteiger partial charge is 0.456 e. The number of carbonyl (C=O) groups is 1. The summed E-state index contributed by atoms with van der Waals surface area (Å²) in [4.78, 5) is 22.9. The van der Waals surface area contributed by atoms with E-state index in [0.717, 1.165) is 21.5 Å². The minimum Gasteiger partial charge on any atom is -0.456 e. The molecule has 2 heterocycles. The average molecular weight is 542 g/mol. The molecule has 0 spiro atoms. The maximum atomic E-state index is 13.1. The summed E-state index contributed by atoms with van der Waals surface area (Å²) in [5.74, 6) is -0.575. The molecule has 0 amide bonds. The van der Waals surface area contributed by atoms with Crippen LogP contribution in [0.5, 0.6) is 0 Å². The van der Waals surface area contributed by atoms with Gasteiger partial charge in [-0.25, -0.2) is 9.79 Å². The first-order valence-corrected chi connectivity index (χ1v) is 12.1. The number of esters is 1. The number of rotatable bonds is 7. The second-order valence-electron chi connectivity index (χ2n) is 7.68. The minimum atomic E-state index is -4.73. The Bertz CT molecular complexity index is 1450. The predicted octanol–water partition coefficient (Wildman–Crippen LogP) is 7.35. The fraction of sp³-hybridized carbons (Fsp3) is 0.0741. The number of carbonyl (C=O) groups excluding carboxylic acids is 1. The van der Waals surface area contributed by atoms with Crippen LogP contribution in [0.25, 0.3) is 10.6 Å². The fourth-order valence-corrected chi connectivity index (χ4v) is 4.26. The van der Waals surface area contributed by atoms with Gasteiger partial charge in [-0.1, -0.05) is 41.9 Å². The molecule has 2 aromatic carbocycles. The van der Waals surface area contributed by atoms with Crippen molar-refractivity contribution < 1.29 is 22.7 Å². The molecule has 0 bridgehead atoms. The number of nitrogens with two attached hydrogens (primary N) is 1. The van der Waals surface area contributed by atoms with Crippen LogP contribution in [0.2, 0.25) is 5.02 Å². The number of nitrogens with zero attached hydrogens (tertiary/aromatic N) is 2. The summed E-state index contributed by atoms with van der Waals surface area (Å²) in [5.41, 5.74) is 5.50. The van der Waals surface area contributed by atoms with Gasteiger partial charge in [-0.15, -0.1) is 11.3 Å². The van der Waals surface area contributed by atoms with E-state index in [2.05, 4.69) is 9.98 Å². The van der Waals surface area contributed by atoms with E-state index < -0.39 is 17.8 Å². The van der Waals surface area contributed by atoms with Gasteiger partial charge in [0.05, 0.1) is 32.6 Å². The first-order valence-electron chi connectivity index (χ1n) is 10.9. The van der Waals surface area contributed by atoms with Crippen LogP contribution in [0.1, 0.15) is 20.8 Å². The van der Waals surface area contributed by atoms with Gasteiger partial charge in [-0.2, -0.15) is 13.2 Å². The van der Waals surface area contributed by atoms with Gasteiger partial charge in [-0.05, 0) is 54.6 Å². The van der Waals surface area contributed by atoms with Gasteiger partial charge in [-0.3, -0.25) is 4.98 Å². The smallest absolute Gasteiger partial charge is 0.430 e. The summed E-state index contributed by atoms with van der Waals surface area (Å²) in [6.45, 7) is 0.0716. The molecule has 0 aliphatic heterocycles. The van der Waals surface area contributed by atoms with Gasteiger partial charge in [0.2, 0.25) is 0 Å². The van der Waals surface area contributed by atoms with Crippen LogP contribution < -0.4 is 5.73 Å². The second kappa shape index (κ2) is 11.4. The third kappa shape index (κ3) is 6.84. The summed E-state index contributed by atoms with van der Waals surface area (Å²) in [6.07, 6.45) is -2.30. The lowest BCUT2D eigenvalue weighted by molar-refractivity contribution is -0.0925. The van der Waals surface area contributed by atoms with Crippen molar-refractivity contribution in [1.29, 1.82) is 0 Å². The highest BCUT2D eigenvalue weighted by molar-refractivity contribution is 7.15. The fourth-order valence-electron chi connectivity index (χ4n) is 3.18. The third-order valence-electron chi connectivity index (χ3n) is 5.05. The number of benzene rings is 2. The van der Waals surface area contributed by atoms with Crippen molar-refractivity contribution in [2.24, 2.45) is 10.7 Å². The highest BCUT2D eigenvalue weighted by Crippen LogP contribution is 2.28. The molecule has 0 radical (unpaired) electrons. The number of para-hydroxylation sites is 1. The Morgan fingerprint density at radius 3 is 2.38 bits per heavy atom. The summed E-state index contributed by atoms with van der Waals surface area (Å²) >= 11 is 7.59. The standard InChI is InChI=1S/C27H19ClF3N3O2S/c28-20-5-1-2-6-21(20)34-23(15-25(32)27(29,30)31)17-8-10-18(11-9-17)26(35)36-16-19-12-13-24(37-19)22-7-3-4-14-33-22/h1-15H,16,32H2. The number of allylic oxidation sites excluding steroid dienone is 2. The molecule has 2 N–H and O–H groups in total. The lowest BCUT2D eigenvalue weighted by atomic mass is 10.1. The summed E-state index contributed by atoms with van der Waals surface area (Å²) in [7, 11) is 0. The quantitative estimate of drug-likeness (QED) is 0.196. The van der Waals surface area contributed by atoms with Crippen LogP contribution >= 0.6 is 22.9 Å². The van der Waals surface area contributed by atoms with Crippen molar-refractivity contribution in [3.63, 3.8) is 0 Å². The first-order chi connectivity index (χ1) is 17.7. The highest BCUT2D eigenvalue weighted by Gasteiger charge is 2.31. The summed E-state index contributed by atoms with van der Waals surface area (Å²) in [5, 5.41) is 0.263. The van der Waals surface area contributed by atoms with E-state index >= 15 is 0 Å². The Hall–Kier alpha value is -3.95. The van der Waals surface area contributed by atoms with Gasteiger partial charge >= 0.3 is 12.1 Å². The molecule has 0 saturated carbocycles. The van der Waals surface area contributed by atoms with E-state index in [1.807, 2.05) is 30.3 Å². The number of thiophene rings is 1. The van der Waals surface area contributed by atoms with Gasteiger partial charge in [0, 0.05) is 16.6 Å². The van der Waals surface area contributed by atoms with Gasteiger partial charge in [0.25, 0.3) is 0 Å². The maximum Gasteiger partial charge on any atom is 0.430 e. The normalized spacial score (nSPS) is 12.4. The first kappa shape index (κ1) is 26.1. The minimum absolute atomic E-state index is 0.0662. The number of alkyl halides is 3. The topological polar surface area (TPSA) is 77.6 Å². The van der Waals surface area contributed by atoms with Gasteiger partial charge in [0.1, 0.15) is 12.3 Å². The Kier molecular flexibility index (Phi) is 8.05. The zero-order valence-electron chi connectivity index (χ0n) is 19.1. The van der Waals surface area contributed by atoms with Crippen molar-refractivity contribution in [2.45, 2.75) is 12.8 Å². The molecular weight excluding hydrogens is 523 g/mol. The van der Waals surface area contributed by atoms with Crippen molar-refractivity contribution in [3.8, 4) is 10.6 Å². The SMILES string of the molecule is NC(=CC(=Nc1ccccc1Cl)c1ccc(C(=O)OCc2ccc(-c3ccccn3)s2)cc1)C(F)(F)F. The molecule has 0 aliphatic rings. The molecule has 188 valence electrons. The van der Waals surface area contributed by atoms with Crippen LogP contribution in [0.4, 0.5) is 18.9 Å². The molecule has 0 fully saturated rings. The molecule has 5 nitrogen and oxygen atoms in total. The zero-order valence-corrected chi connectivity index (χ0v) is 20.6. The number of hydrogen-bond donors (Lipinski definition) is 1. The van der Waals surface area contributed by atoms with Gasteiger partial charge in [0.15, 0.2) is 0 Å². The van der Waals surface area contributed by atoms with Crippen molar-refractivity contribution in [1.82, 2.24) is 4.98 Å². The Morgan fingerprint density at radius 1 is 1.00 bits per heavy atom. The Morgan fingerprint density at radius 2 is 1.70 bits per heavy atom. The average Bonchev–Trinajstić information content (AvgIpc) is 3.37. The van der Waals surface area contributed by atoms with E-state index in [1.54, 1.807) is 30.5 Å². The van der Waals surface area contributed by atoms with Gasteiger partial charge < -0.3 is 10.5 Å². The molecule has 2 aromatic heterocycles. The molecule has 10 heteroatoms. The van der Waals surface area contributed by atoms with Crippen molar-refractivity contribution in [3.05, 3.63) is 118 Å². The summed E-state index contributed by atoms with van der Waals surface area (Å²) < 4.78 is 44.7. The van der Waals surface area contributed by atoms with Crippen LogP contribution in [0.15, 0.2) is 102 Å². The maximum absolute atomic E-state index is 13.1. The Balaban J connectivity index is 1.51. The number of halogens is 4. The second-order valence-corrected chi connectivity index (χ2v) is 9.26. The van der Waals surface area contributed by atoms with Crippen molar-refractivity contribution >= 4 is 40.3 Å². The van der Waals surface area contributed by atoms with E-state index in [9.17, 15) is 18.0 Å². The monoisotopic (exact) mass is 541 g/mol. The van der Waals surface area contributed by atoms with Crippen LogP contribution in [0, 0.1) is 0 Å². The Labute approximate surface area is 219 Å². The van der Waals surface area contributed by atoms with Crippen LogP contribution in [-0.2, 0) is 11.3 Å². The number of aromatic nitrogens is 1. The number of hydrogen-bond acceptors (Lipinski definition) is 6. The molecule has 4 rings (SSSR count). The van der Waals surface area contributed by atoms with E-state index in [1.165, 1.54) is 35.6 Å². The molecule has 0 saturated heterocycles. The number of ether oxygens (including phenoxy) is 1. The molecule has 0 unspecified atom stereocenters. The predicted molar refractivity (Wildman–Crippen MR) is 139 cm³/mol. The van der Waals surface area contributed by atoms with Crippen molar-refractivity contribution in [2.75, 3.05) is 0 Å². The highest BCUT2D eigenvalue weighted by atomic mass is 35.5. The number of pyridine rings is 1. The zero-order chi connectivity index (χ0) is 26.4. The summed E-state index contributed by atoms with van der Waals surface area (Å²) in [6, 6.07) is 21.7. The molecule has 0 atom stereocenters. The van der Waals surface area contributed by atoms with Crippen LogP contribution in [-0.4, -0.2) is 22.8 Å². The lowest BCUT2D eigenvalue weighted by Gasteiger charge is -2.10.